The van der Waals surface area contributed by atoms with Crippen LogP contribution in [-0.2, 0) is 5.41 Å². The van der Waals surface area contributed by atoms with Crippen molar-refractivity contribution in [3.8, 4) is 56.7 Å². The second-order valence-corrected chi connectivity index (χ2v) is 21.8. The highest BCUT2D eigenvalue weighted by Gasteiger charge is 2.51. The summed E-state index contributed by atoms with van der Waals surface area (Å²) in [6.45, 7) is 0. The zero-order chi connectivity index (χ0) is 55.5. The zero-order valence-corrected chi connectivity index (χ0v) is 45.3. The molecule has 7 nitrogen and oxygen atoms in total. The molecular formula is C77H48N6O. The van der Waals surface area contributed by atoms with Crippen molar-refractivity contribution in [2.24, 2.45) is 0 Å². The van der Waals surface area contributed by atoms with E-state index in [0.29, 0.717) is 17.6 Å². The summed E-state index contributed by atoms with van der Waals surface area (Å²) in [4.78, 5) is 31.8. The minimum Gasteiger partial charge on any atom is -0.310 e. The molecule has 1 aliphatic carbocycles. The Morgan fingerprint density at radius 3 is 1.20 bits per heavy atom. The number of aromatic nitrogens is 5. The topological polar surface area (TPSA) is 68.8 Å². The van der Waals surface area contributed by atoms with E-state index in [1.54, 1.807) is 0 Å². The van der Waals surface area contributed by atoms with E-state index in [1.807, 2.05) is 84.9 Å². The first-order valence-corrected chi connectivity index (χ1v) is 28.5. The van der Waals surface area contributed by atoms with Crippen LogP contribution in [0.2, 0.25) is 0 Å². The number of carbonyl (C=O) groups excluding carboxylic acids is 1. The van der Waals surface area contributed by atoms with Crippen LogP contribution in [0.3, 0.4) is 0 Å². The van der Waals surface area contributed by atoms with Gasteiger partial charge in [-0.15, -0.1) is 0 Å². The normalized spacial score (nSPS) is 13.1. The van der Waals surface area contributed by atoms with Gasteiger partial charge < -0.3 is 9.47 Å². The SMILES string of the molecule is O=C1c2ccccc2C2(c3ccccc31)c1ccccc1N(c1ccc(-c3ccc(-n4c5ccccc5c5cc(-c6ccc7c(c6)c6ccccc6n7-c6nc(-c7ccccc7)nc(-c7ccccc7)n6)ccc54)cc3)cc1)c1ccccc12. The van der Waals surface area contributed by atoms with Crippen molar-refractivity contribution in [1.82, 2.24) is 24.1 Å². The number of hydrogen-bond acceptors (Lipinski definition) is 5. The van der Waals surface area contributed by atoms with Gasteiger partial charge in [0.25, 0.3) is 0 Å². The molecule has 0 amide bonds. The first-order valence-electron chi connectivity index (χ1n) is 28.5. The van der Waals surface area contributed by atoms with Crippen molar-refractivity contribution in [2.75, 3.05) is 4.90 Å². The van der Waals surface area contributed by atoms with Crippen molar-refractivity contribution in [1.29, 1.82) is 0 Å². The van der Waals surface area contributed by atoms with Crippen molar-refractivity contribution >= 4 is 66.5 Å². The third-order valence-electron chi connectivity index (χ3n) is 17.4. The predicted molar refractivity (Wildman–Crippen MR) is 340 cm³/mol. The summed E-state index contributed by atoms with van der Waals surface area (Å²) in [6, 6.07) is 103. The van der Waals surface area contributed by atoms with Crippen LogP contribution in [0, 0.1) is 0 Å². The van der Waals surface area contributed by atoms with Crippen molar-refractivity contribution in [3.63, 3.8) is 0 Å². The molecule has 0 bridgehead atoms. The van der Waals surface area contributed by atoms with Gasteiger partial charge in [-0.05, 0) is 117 Å². The van der Waals surface area contributed by atoms with E-state index in [9.17, 15) is 4.79 Å². The van der Waals surface area contributed by atoms with Gasteiger partial charge >= 0.3 is 0 Å². The molecule has 0 radical (unpaired) electrons. The van der Waals surface area contributed by atoms with Gasteiger partial charge in [0, 0.05) is 55.2 Å². The third kappa shape index (κ3) is 7.06. The van der Waals surface area contributed by atoms with Crippen LogP contribution in [0.5, 0.6) is 0 Å². The predicted octanol–water partition coefficient (Wildman–Crippen LogP) is 18.4. The maximum atomic E-state index is 14.2. The number of ketones is 1. The summed E-state index contributed by atoms with van der Waals surface area (Å²) < 4.78 is 4.56. The Bertz CT molecular complexity index is 5000. The first kappa shape index (κ1) is 47.5. The van der Waals surface area contributed by atoms with Crippen LogP contribution in [-0.4, -0.2) is 29.9 Å². The molecule has 0 unspecified atom stereocenters. The van der Waals surface area contributed by atoms with Crippen LogP contribution >= 0.6 is 0 Å². The Morgan fingerprint density at radius 2 is 0.679 bits per heavy atom. The number of fused-ring (bicyclic) bond motifs is 14. The molecule has 2 aliphatic rings. The molecule has 84 heavy (non-hydrogen) atoms. The molecule has 0 atom stereocenters. The number of hydrogen-bond donors (Lipinski definition) is 0. The lowest BCUT2D eigenvalue weighted by molar-refractivity contribution is 0.103. The van der Waals surface area contributed by atoms with Crippen LogP contribution in [0.15, 0.2) is 291 Å². The molecule has 4 heterocycles. The molecule has 7 heteroatoms. The number of nitrogens with zero attached hydrogens (tertiary/aromatic N) is 6. The molecule has 0 fully saturated rings. The van der Waals surface area contributed by atoms with Crippen LogP contribution in [0.4, 0.5) is 17.1 Å². The number of anilines is 3. The van der Waals surface area contributed by atoms with Gasteiger partial charge in [-0.1, -0.05) is 218 Å². The molecule has 15 aromatic rings. The van der Waals surface area contributed by atoms with Crippen molar-refractivity contribution < 1.29 is 4.79 Å². The molecule has 12 aromatic carbocycles. The number of benzene rings is 12. The summed E-state index contributed by atoms with van der Waals surface area (Å²) in [5.74, 6) is 1.88. The molecular weight excluding hydrogens is 1020 g/mol. The van der Waals surface area contributed by atoms with Gasteiger partial charge in [0.2, 0.25) is 5.95 Å². The Labute approximate surface area is 484 Å². The van der Waals surface area contributed by atoms with E-state index < -0.39 is 5.41 Å². The van der Waals surface area contributed by atoms with E-state index >= 15 is 0 Å². The standard InChI is InChI=1S/C77H48N6O/c84-73-59-25-7-11-27-63(59)77(64-28-12-8-26-60(64)73)65-29-13-17-33-71(65)82(72-34-18-14-30-66(72)77)56-43-37-50(38-44-56)49-35-41-55(42-36-49)81-67-31-15-9-23-57(67)61-47-53(39-45-69(61)81)54-40-46-70-62(48-54)58-24-10-16-32-68(58)83(70)76-79-74(51-19-3-1-4-20-51)78-75(80-76)52-21-5-2-6-22-52/h1-48H. The summed E-state index contributed by atoms with van der Waals surface area (Å²) in [5, 5.41) is 4.63. The fourth-order valence-corrected chi connectivity index (χ4v) is 13.7. The smallest absolute Gasteiger partial charge is 0.238 e. The summed E-state index contributed by atoms with van der Waals surface area (Å²) in [5.41, 5.74) is 20.2. The Morgan fingerprint density at radius 1 is 0.286 bits per heavy atom. The highest BCUT2D eigenvalue weighted by atomic mass is 16.1. The second-order valence-electron chi connectivity index (χ2n) is 21.8. The lowest BCUT2D eigenvalue weighted by atomic mass is 9.57. The molecule has 0 saturated carbocycles. The third-order valence-corrected chi connectivity index (χ3v) is 17.4. The van der Waals surface area contributed by atoms with E-state index in [0.717, 1.165) is 122 Å². The average Bonchev–Trinajstić information content (AvgIpc) is 1.10. The first-order chi connectivity index (χ1) is 41.6. The van der Waals surface area contributed by atoms with E-state index in [1.165, 1.54) is 10.8 Å². The Balaban J connectivity index is 0.714. The van der Waals surface area contributed by atoms with Gasteiger partial charge in [-0.25, -0.2) is 4.98 Å². The summed E-state index contributed by atoms with van der Waals surface area (Å²) in [7, 11) is 0. The summed E-state index contributed by atoms with van der Waals surface area (Å²) >= 11 is 0. The molecule has 1 spiro atoms. The molecule has 0 N–H and O–H groups in total. The van der Waals surface area contributed by atoms with Crippen LogP contribution in [0.1, 0.15) is 38.2 Å². The van der Waals surface area contributed by atoms with Crippen LogP contribution < -0.4 is 4.90 Å². The molecule has 3 aromatic heterocycles. The van der Waals surface area contributed by atoms with Gasteiger partial charge in [0.05, 0.1) is 38.9 Å². The Kier molecular flexibility index (Phi) is 10.5. The van der Waals surface area contributed by atoms with Crippen molar-refractivity contribution in [2.45, 2.75) is 5.41 Å². The second kappa shape index (κ2) is 18.6. The molecule has 17 rings (SSSR count). The lowest BCUT2D eigenvalue weighted by Gasteiger charge is -2.48. The maximum Gasteiger partial charge on any atom is 0.238 e. The molecule has 392 valence electrons. The van der Waals surface area contributed by atoms with Gasteiger partial charge in [-0.3, -0.25) is 9.36 Å². The van der Waals surface area contributed by atoms with Gasteiger partial charge in [-0.2, -0.15) is 9.97 Å². The van der Waals surface area contributed by atoms with Crippen LogP contribution in [0.25, 0.3) is 100 Å². The highest BCUT2D eigenvalue weighted by molar-refractivity contribution is 6.15. The fourth-order valence-electron chi connectivity index (χ4n) is 13.7. The number of para-hydroxylation sites is 4. The zero-order valence-electron chi connectivity index (χ0n) is 45.3. The van der Waals surface area contributed by atoms with Gasteiger partial charge in [0.15, 0.2) is 17.4 Å². The summed E-state index contributed by atoms with van der Waals surface area (Å²) in [6.07, 6.45) is 0. The maximum absolute atomic E-state index is 14.2. The largest absolute Gasteiger partial charge is 0.310 e. The average molecular weight is 1070 g/mol. The fraction of sp³-hybridized carbons (Fsp3) is 0.0130. The van der Waals surface area contributed by atoms with Gasteiger partial charge in [0.1, 0.15) is 0 Å². The minimum atomic E-state index is -0.689. The molecule has 1 aliphatic heterocycles. The van der Waals surface area contributed by atoms with E-state index in [2.05, 4.69) is 220 Å². The molecule has 0 saturated heterocycles. The highest BCUT2D eigenvalue weighted by Crippen LogP contribution is 2.60. The number of rotatable bonds is 7. The number of carbonyl (C=O) groups is 1. The van der Waals surface area contributed by atoms with E-state index in [-0.39, 0.29) is 5.78 Å². The Hall–Kier alpha value is -11.3. The quantitative estimate of drug-likeness (QED) is 0.159. The van der Waals surface area contributed by atoms with Crippen molar-refractivity contribution in [3.05, 3.63) is 325 Å². The lowest BCUT2D eigenvalue weighted by Crippen LogP contribution is -2.42. The monoisotopic (exact) mass is 1070 g/mol. The van der Waals surface area contributed by atoms with E-state index in [4.69, 9.17) is 15.0 Å². The minimum absolute atomic E-state index is 0.0689.